The van der Waals surface area contributed by atoms with Crippen LogP contribution in [0.3, 0.4) is 0 Å². The Morgan fingerprint density at radius 2 is 2.20 bits per heavy atom. The second-order valence-corrected chi connectivity index (χ2v) is 3.73. The van der Waals surface area contributed by atoms with Crippen LogP contribution in [0.25, 0.3) is 0 Å². The van der Waals surface area contributed by atoms with E-state index in [2.05, 4.69) is 0 Å². The van der Waals surface area contributed by atoms with Gasteiger partial charge in [-0.3, -0.25) is 4.79 Å². The Bertz CT molecular complexity index is 381. The number of halogens is 1. The molecule has 1 aromatic rings. The minimum Gasteiger partial charge on any atom is -0.339 e. The number of carbonyl (C=O) groups excluding carboxylic acids is 1. The predicted octanol–water partition coefficient (Wildman–Crippen LogP) is 0.538. The van der Waals surface area contributed by atoms with Crippen LogP contribution in [0.1, 0.15) is 5.56 Å². The second-order valence-electron chi connectivity index (χ2n) is 3.73. The van der Waals surface area contributed by atoms with Crippen molar-refractivity contribution in [1.82, 2.24) is 4.90 Å². The zero-order valence-electron chi connectivity index (χ0n) is 8.32. The van der Waals surface area contributed by atoms with Gasteiger partial charge in [-0.1, -0.05) is 18.2 Å². The molecule has 0 aliphatic carbocycles. The summed E-state index contributed by atoms with van der Waals surface area (Å²) < 4.78 is 13.2. The molecule has 0 bridgehead atoms. The van der Waals surface area contributed by atoms with Crippen LogP contribution in [0.4, 0.5) is 4.39 Å². The van der Waals surface area contributed by atoms with E-state index in [0.29, 0.717) is 25.1 Å². The van der Waals surface area contributed by atoms with E-state index in [0.717, 1.165) is 0 Å². The average Bonchev–Trinajstić information content (AvgIpc) is 2.25. The lowest BCUT2D eigenvalue weighted by atomic mass is 10.1. The molecule has 1 atom stereocenters. The Kier molecular flexibility index (Phi) is 2.68. The first kappa shape index (κ1) is 10.1. The van der Waals surface area contributed by atoms with E-state index in [1.807, 2.05) is 0 Å². The third kappa shape index (κ3) is 1.99. The van der Waals surface area contributed by atoms with E-state index in [-0.39, 0.29) is 17.8 Å². The highest BCUT2D eigenvalue weighted by molar-refractivity contribution is 5.87. The number of nitrogens with two attached hydrogens (primary N) is 1. The quantitative estimate of drug-likeness (QED) is 0.737. The van der Waals surface area contributed by atoms with Gasteiger partial charge in [-0.25, -0.2) is 4.39 Å². The van der Waals surface area contributed by atoms with E-state index in [1.165, 1.54) is 6.07 Å². The van der Waals surface area contributed by atoms with Gasteiger partial charge in [-0.15, -0.1) is 0 Å². The maximum absolute atomic E-state index is 13.2. The number of β-lactam (4-membered cyclic amide) rings is 1. The fourth-order valence-electron chi connectivity index (χ4n) is 1.69. The number of benzene rings is 1. The molecule has 3 nitrogen and oxygen atoms in total. The lowest BCUT2D eigenvalue weighted by Gasteiger charge is -2.36. The normalized spacial score (nSPS) is 20.3. The van der Waals surface area contributed by atoms with Crippen molar-refractivity contribution in [3.05, 3.63) is 35.6 Å². The van der Waals surface area contributed by atoms with Crippen molar-refractivity contribution in [2.24, 2.45) is 5.73 Å². The van der Waals surface area contributed by atoms with E-state index in [9.17, 15) is 9.18 Å². The molecule has 1 fully saturated rings. The van der Waals surface area contributed by atoms with E-state index >= 15 is 0 Å². The second kappa shape index (κ2) is 3.98. The van der Waals surface area contributed by atoms with Gasteiger partial charge in [-0.2, -0.15) is 0 Å². The number of carbonyl (C=O) groups is 1. The summed E-state index contributed by atoms with van der Waals surface area (Å²) in [6, 6.07) is 6.27. The Hall–Kier alpha value is -1.42. The first-order valence-electron chi connectivity index (χ1n) is 4.96. The van der Waals surface area contributed by atoms with Crippen LogP contribution in [0, 0.1) is 5.82 Å². The van der Waals surface area contributed by atoms with Crippen LogP contribution in [-0.4, -0.2) is 29.9 Å². The third-order valence-corrected chi connectivity index (χ3v) is 2.65. The lowest BCUT2D eigenvalue weighted by molar-refractivity contribution is -0.142. The molecule has 0 saturated carbocycles. The van der Waals surface area contributed by atoms with E-state index in [4.69, 9.17) is 5.73 Å². The maximum atomic E-state index is 13.2. The Labute approximate surface area is 87.7 Å². The topological polar surface area (TPSA) is 46.3 Å². The first-order valence-corrected chi connectivity index (χ1v) is 4.96. The number of amides is 1. The van der Waals surface area contributed by atoms with Crippen LogP contribution in [-0.2, 0) is 11.2 Å². The summed E-state index contributed by atoms with van der Waals surface area (Å²) in [6.07, 6.45) is 0.547. The molecule has 1 aliphatic rings. The fourth-order valence-corrected chi connectivity index (χ4v) is 1.69. The highest BCUT2D eigenvalue weighted by Crippen LogP contribution is 2.12. The molecule has 15 heavy (non-hydrogen) atoms. The molecule has 1 saturated heterocycles. The van der Waals surface area contributed by atoms with Crippen molar-refractivity contribution >= 4 is 5.91 Å². The molecule has 4 heteroatoms. The van der Waals surface area contributed by atoms with Crippen molar-refractivity contribution < 1.29 is 9.18 Å². The van der Waals surface area contributed by atoms with Crippen LogP contribution in [0.15, 0.2) is 24.3 Å². The van der Waals surface area contributed by atoms with Gasteiger partial charge in [-0.05, 0) is 18.1 Å². The number of nitrogens with zero attached hydrogens (tertiary/aromatic N) is 1. The van der Waals surface area contributed by atoms with Crippen LogP contribution in [0.5, 0.6) is 0 Å². The summed E-state index contributed by atoms with van der Waals surface area (Å²) in [5, 5.41) is 0. The highest BCUT2D eigenvalue weighted by atomic mass is 19.1. The molecule has 1 heterocycles. The van der Waals surface area contributed by atoms with E-state index < -0.39 is 0 Å². The van der Waals surface area contributed by atoms with Gasteiger partial charge in [0.05, 0.1) is 0 Å². The standard InChI is InChI=1S/C11H13FN2O/c12-9-4-2-1-3-8(9)5-6-14-7-10(13)11(14)15/h1-4,10H,5-7,13H2. The first-order chi connectivity index (χ1) is 7.18. The number of likely N-dealkylation sites (tertiary alicyclic amines) is 1. The Morgan fingerprint density at radius 1 is 1.47 bits per heavy atom. The number of hydrogen-bond donors (Lipinski definition) is 1. The highest BCUT2D eigenvalue weighted by Gasteiger charge is 2.32. The fraction of sp³-hybridized carbons (Fsp3) is 0.364. The van der Waals surface area contributed by atoms with Crippen molar-refractivity contribution in [2.45, 2.75) is 12.5 Å². The molecule has 1 amide bonds. The lowest BCUT2D eigenvalue weighted by Crippen LogP contribution is -2.61. The van der Waals surface area contributed by atoms with E-state index in [1.54, 1.807) is 23.1 Å². The summed E-state index contributed by atoms with van der Waals surface area (Å²) in [5.74, 6) is -0.249. The van der Waals surface area contributed by atoms with Gasteiger partial charge in [0, 0.05) is 13.1 Å². The maximum Gasteiger partial charge on any atom is 0.241 e. The van der Waals surface area contributed by atoms with Gasteiger partial charge in [0.15, 0.2) is 0 Å². The van der Waals surface area contributed by atoms with Crippen molar-refractivity contribution in [3.8, 4) is 0 Å². The minimum atomic E-state index is -0.342. The monoisotopic (exact) mass is 208 g/mol. The molecule has 1 aromatic carbocycles. The summed E-state index contributed by atoms with van der Waals surface area (Å²) in [6.45, 7) is 1.14. The molecule has 80 valence electrons. The van der Waals surface area contributed by atoms with Crippen LogP contribution >= 0.6 is 0 Å². The Balaban J connectivity index is 1.89. The smallest absolute Gasteiger partial charge is 0.241 e. The van der Waals surface area contributed by atoms with Gasteiger partial charge >= 0.3 is 0 Å². The number of hydrogen-bond acceptors (Lipinski definition) is 2. The summed E-state index contributed by atoms with van der Waals surface area (Å²) in [5.41, 5.74) is 6.09. The van der Waals surface area contributed by atoms with Crippen LogP contribution in [0.2, 0.25) is 0 Å². The van der Waals surface area contributed by atoms with Gasteiger partial charge in [0.25, 0.3) is 0 Å². The van der Waals surface area contributed by atoms with Crippen molar-refractivity contribution in [2.75, 3.05) is 13.1 Å². The zero-order chi connectivity index (χ0) is 10.8. The Morgan fingerprint density at radius 3 is 2.80 bits per heavy atom. The molecular formula is C11H13FN2O. The summed E-state index contributed by atoms with van der Waals surface area (Å²) >= 11 is 0. The largest absolute Gasteiger partial charge is 0.339 e. The van der Waals surface area contributed by atoms with Gasteiger partial charge < -0.3 is 10.6 Å². The number of rotatable bonds is 3. The zero-order valence-corrected chi connectivity index (χ0v) is 8.32. The molecular weight excluding hydrogens is 195 g/mol. The molecule has 1 aliphatic heterocycles. The summed E-state index contributed by atoms with van der Waals surface area (Å²) in [4.78, 5) is 12.8. The molecule has 0 aromatic heterocycles. The molecule has 0 spiro atoms. The molecule has 1 unspecified atom stereocenters. The molecule has 2 N–H and O–H groups in total. The van der Waals surface area contributed by atoms with Crippen molar-refractivity contribution in [3.63, 3.8) is 0 Å². The molecule has 2 rings (SSSR count). The predicted molar refractivity (Wildman–Crippen MR) is 54.7 cm³/mol. The third-order valence-electron chi connectivity index (χ3n) is 2.65. The van der Waals surface area contributed by atoms with Crippen LogP contribution < -0.4 is 5.73 Å². The summed E-state index contributed by atoms with van der Waals surface area (Å²) in [7, 11) is 0. The van der Waals surface area contributed by atoms with Crippen molar-refractivity contribution in [1.29, 1.82) is 0 Å². The van der Waals surface area contributed by atoms with Gasteiger partial charge in [0.1, 0.15) is 11.9 Å². The SMILES string of the molecule is NC1CN(CCc2ccccc2F)C1=O. The average molecular weight is 208 g/mol. The minimum absolute atomic E-state index is 0.0358. The van der Waals surface area contributed by atoms with Gasteiger partial charge in [0.2, 0.25) is 5.91 Å². The molecule has 0 radical (unpaired) electrons.